The number of aromatic nitrogens is 2. The summed E-state index contributed by atoms with van der Waals surface area (Å²) in [6.45, 7) is 3.89. The van der Waals surface area contributed by atoms with Crippen LogP contribution in [0.3, 0.4) is 0 Å². The molecule has 1 aromatic carbocycles. The van der Waals surface area contributed by atoms with Gasteiger partial charge in [0.25, 0.3) is 0 Å². The van der Waals surface area contributed by atoms with E-state index in [0.29, 0.717) is 17.3 Å². The first kappa shape index (κ1) is 12.7. The Morgan fingerprint density at radius 2 is 2.15 bits per heavy atom. The molecule has 1 unspecified atom stereocenters. The molecule has 3 rings (SSSR count). The number of nitrogens with one attached hydrogen (secondary N) is 1. The number of imidazole rings is 1. The predicted octanol–water partition coefficient (Wildman–Crippen LogP) is 2.38. The Kier molecular flexibility index (Phi) is 2.97. The van der Waals surface area contributed by atoms with Crippen molar-refractivity contribution < 1.29 is 14.3 Å². The van der Waals surface area contributed by atoms with Gasteiger partial charge in [-0.3, -0.25) is 4.79 Å². The lowest BCUT2D eigenvalue weighted by molar-refractivity contribution is 0.0116. The number of hydrogen-bond donors (Lipinski definition) is 1. The van der Waals surface area contributed by atoms with E-state index < -0.39 is 5.60 Å². The van der Waals surface area contributed by atoms with Gasteiger partial charge in [-0.25, -0.2) is 4.98 Å². The van der Waals surface area contributed by atoms with Crippen LogP contribution in [0.25, 0.3) is 0 Å². The molecule has 104 valence electrons. The van der Waals surface area contributed by atoms with E-state index in [-0.39, 0.29) is 12.4 Å². The molecule has 0 saturated heterocycles. The third-order valence-electron chi connectivity index (χ3n) is 3.39. The summed E-state index contributed by atoms with van der Waals surface area (Å²) in [5, 5.41) is 0. The van der Waals surface area contributed by atoms with Crippen molar-refractivity contribution in [3.63, 3.8) is 0 Å². The molecule has 0 radical (unpaired) electrons. The fourth-order valence-corrected chi connectivity index (χ4v) is 2.16. The number of Topliss-reactive ketones (excluding diaryl/α,β-unsaturated/α-hetero) is 1. The molecule has 2 aromatic rings. The Morgan fingerprint density at radius 3 is 2.85 bits per heavy atom. The van der Waals surface area contributed by atoms with Crippen molar-refractivity contribution >= 4 is 5.78 Å². The lowest BCUT2D eigenvalue weighted by Crippen LogP contribution is -2.49. The molecule has 1 aromatic heterocycles. The number of rotatable bonds is 3. The van der Waals surface area contributed by atoms with Crippen molar-refractivity contribution in [3.8, 4) is 11.5 Å². The van der Waals surface area contributed by atoms with E-state index in [1.54, 1.807) is 19.2 Å². The minimum absolute atomic E-state index is 0.172. The minimum atomic E-state index is -1.06. The van der Waals surface area contributed by atoms with Crippen LogP contribution in [0.1, 0.15) is 30.2 Å². The third-order valence-corrected chi connectivity index (χ3v) is 3.39. The summed E-state index contributed by atoms with van der Waals surface area (Å²) >= 11 is 0. The number of carbonyl (C=O) groups excluding carboxylic acids is 1. The molecule has 0 aliphatic carbocycles. The number of hydrogen-bond acceptors (Lipinski definition) is 4. The van der Waals surface area contributed by atoms with Crippen LogP contribution in [-0.4, -0.2) is 28.0 Å². The summed E-state index contributed by atoms with van der Waals surface area (Å²) in [6, 6.07) is 7.33. The zero-order valence-electron chi connectivity index (χ0n) is 11.5. The van der Waals surface area contributed by atoms with E-state index in [4.69, 9.17) is 9.47 Å². The quantitative estimate of drug-likeness (QED) is 0.871. The van der Waals surface area contributed by atoms with E-state index in [9.17, 15) is 4.79 Å². The molecule has 0 bridgehead atoms. The number of ether oxygens (including phenoxy) is 2. The summed E-state index contributed by atoms with van der Waals surface area (Å²) in [5.41, 5.74) is -0.133. The zero-order chi connectivity index (χ0) is 14.2. The highest BCUT2D eigenvalue weighted by Gasteiger charge is 2.42. The molecule has 5 nitrogen and oxygen atoms in total. The second kappa shape index (κ2) is 4.67. The first-order valence-electron chi connectivity index (χ1n) is 6.62. The molecule has 0 amide bonds. The summed E-state index contributed by atoms with van der Waals surface area (Å²) in [6.07, 6.45) is 2.48. The SMILES string of the molecule is CCc1cnc(C(=O)C2(C)COc3ccccc3O2)[nH]1. The van der Waals surface area contributed by atoms with Crippen LogP contribution in [0.5, 0.6) is 11.5 Å². The Hall–Kier alpha value is -2.30. The van der Waals surface area contributed by atoms with Crippen molar-refractivity contribution in [2.24, 2.45) is 0 Å². The van der Waals surface area contributed by atoms with Gasteiger partial charge in [0, 0.05) is 11.9 Å². The van der Waals surface area contributed by atoms with Gasteiger partial charge in [0.2, 0.25) is 11.4 Å². The molecule has 20 heavy (non-hydrogen) atoms. The standard InChI is InChI=1S/C15H16N2O3/c1-3-10-8-16-14(17-10)13(18)15(2)9-19-11-6-4-5-7-12(11)20-15/h4-8H,3,9H2,1-2H3,(H,16,17). The summed E-state index contributed by atoms with van der Waals surface area (Å²) < 4.78 is 11.5. The fourth-order valence-electron chi connectivity index (χ4n) is 2.16. The summed E-state index contributed by atoms with van der Waals surface area (Å²) in [7, 11) is 0. The van der Waals surface area contributed by atoms with Crippen LogP contribution in [0.15, 0.2) is 30.5 Å². The lowest BCUT2D eigenvalue weighted by Gasteiger charge is -2.33. The number of aryl methyl sites for hydroxylation is 1. The summed E-state index contributed by atoms with van der Waals surface area (Å²) in [4.78, 5) is 19.7. The smallest absolute Gasteiger partial charge is 0.244 e. The zero-order valence-corrected chi connectivity index (χ0v) is 11.5. The molecular formula is C15H16N2O3. The highest BCUT2D eigenvalue weighted by atomic mass is 16.6. The van der Waals surface area contributed by atoms with Gasteiger partial charge in [0.05, 0.1) is 0 Å². The number of ketones is 1. The molecule has 1 atom stereocenters. The Morgan fingerprint density at radius 1 is 1.40 bits per heavy atom. The van der Waals surface area contributed by atoms with Gasteiger partial charge in [0.15, 0.2) is 17.3 Å². The van der Waals surface area contributed by atoms with Gasteiger partial charge in [0.1, 0.15) is 6.61 Å². The third kappa shape index (κ3) is 2.05. The van der Waals surface area contributed by atoms with Crippen LogP contribution in [0.4, 0.5) is 0 Å². The molecule has 0 fully saturated rings. The average molecular weight is 272 g/mol. The maximum absolute atomic E-state index is 12.6. The van der Waals surface area contributed by atoms with Gasteiger partial charge < -0.3 is 14.5 Å². The van der Waals surface area contributed by atoms with Crippen molar-refractivity contribution in [1.82, 2.24) is 9.97 Å². The maximum Gasteiger partial charge on any atom is 0.244 e. The van der Waals surface area contributed by atoms with Crippen LogP contribution in [-0.2, 0) is 6.42 Å². The maximum atomic E-state index is 12.6. The first-order valence-corrected chi connectivity index (χ1v) is 6.62. The van der Waals surface area contributed by atoms with Crippen molar-refractivity contribution in [1.29, 1.82) is 0 Å². The molecule has 5 heteroatoms. The van der Waals surface area contributed by atoms with E-state index in [1.165, 1.54) is 0 Å². The number of fused-ring (bicyclic) bond motifs is 1. The lowest BCUT2D eigenvalue weighted by atomic mass is 10.00. The molecule has 0 saturated carbocycles. The molecule has 0 spiro atoms. The highest BCUT2D eigenvalue weighted by Crippen LogP contribution is 2.35. The number of H-pyrrole nitrogens is 1. The highest BCUT2D eigenvalue weighted by molar-refractivity contribution is 6.00. The Bertz CT molecular complexity index is 650. The second-order valence-corrected chi connectivity index (χ2v) is 5.01. The Balaban J connectivity index is 1.88. The molecule has 1 aliphatic rings. The monoisotopic (exact) mass is 272 g/mol. The van der Waals surface area contributed by atoms with Gasteiger partial charge in [-0.05, 0) is 25.5 Å². The number of benzene rings is 1. The van der Waals surface area contributed by atoms with E-state index in [0.717, 1.165) is 12.1 Å². The van der Waals surface area contributed by atoms with Gasteiger partial charge >= 0.3 is 0 Å². The van der Waals surface area contributed by atoms with Crippen molar-refractivity contribution in [2.45, 2.75) is 25.9 Å². The first-order chi connectivity index (χ1) is 9.62. The van der Waals surface area contributed by atoms with Crippen molar-refractivity contribution in [3.05, 3.63) is 42.0 Å². The minimum Gasteiger partial charge on any atom is -0.485 e. The average Bonchev–Trinajstić information content (AvgIpc) is 2.95. The number of aromatic amines is 1. The number of carbonyl (C=O) groups is 1. The van der Waals surface area contributed by atoms with Gasteiger partial charge in [-0.2, -0.15) is 0 Å². The second-order valence-electron chi connectivity index (χ2n) is 5.01. The van der Waals surface area contributed by atoms with E-state index in [1.807, 2.05) is 25.1 Å². The number of para-hydroxylation sites is 2. The predicted molar refractivity (Wildman–Crippen MR) is 73.3 cm³/mol. The van der Waals surface area contributed by atoms with Crippen LogP contribution < -0.4 is 9.47 Å². The number of nitrogens with zero attached hydrogens (tertiary/aromatic N) is 1. The van der Waals surface area contributed by atoms with Gasteiger partial charge in [-0.1, -0.05) is 19.1 Å². The largest absolute Gasteiger partial charge is 0.485 e. The van der Waals surface area contributed by atoms with E-state index in [2.05, 4.69) is 9.97 Å². The topological polar surface area (TPSA) is 64.2 Å². The van der Waals surface area contributed by atoms with Crippen LogP contribution >= 0.6 is 0 Å². The van der Waals surface area contributed by atoms with Crippen LogP contribution in [0, 0.1) is 0 Å². The van der Waals surface area contributed by atoms with E-state index >= 15 is 0 Å². The summed E-state index contributed by atoms with van der Waals surface area (Å²) in [5.74, 6) is 1.35. The molecular weight excluding hydrogens is 256 g/mol. The normalized spacial score (nSPS) is 20.7. The molecule has 2 heterocycles. The Labute approximate surface area is 116 Å². The van der Waals surface area contributed by atoms with Crippen molar-refractivity contribution in [2.75, 3.05) is 6.61 Å². The van der Waals surface area contributed by atoms with Gasteiger partial charge in [-0.15, -0.1) is 0 Å². The fraction of sp³-hybridized carbons (Fsp3) is 0.333. The van der Waals surface area contributed by atoms with Crippen LogP contribution in [0.2, 0.25) is 0 Å². The molecule has 1 aliphatic heterocycles. The molecule has 1 N–H and O–H groups in total.